The molecule has 0 saturated heterocycles. The van der Waals surface area contributed by atoms with Gasteiger partial charge in [0.15, 0.2) is 10.8 Å². The van der Waals surface area contributed by atoms with Crippen molar-refractivity contribution in [1.82, 2.24) is 9.97 Å². The molecule has 0 fully saturated rings. The van der Waals surface area contributed by atoms with Crippen LogP contribution in [0.2, 0.25) is 0 Å². The Morgan fingerprint density at radius 3 is 2.57 bits per heavy atom. The van der Waals surface area contributed by atoms with E-state index >= 15 is 0 Å². The van der Waals surface area contributed by atoms with Gasteiger partial charge in [-0.05, 0) is 12.1 Å². The maximum absolute atomic E-state index is 6.10. The first-order valence-corrected chi connectivity index (χ1v) is 8.70. The molecule has 0 aliphatic rings. The summed E-state index contributed by atoms with van der Waals surface area (Å²) < 4.78 is 1.10. The van der Waals surface area contributed by atoms with E-state index in [4.69, 9.17) is 5.73 Å². The molecule has 2 aromatic carbocycles. The van der Waals surface area contributed by atoms with Gasteiger partial charge < -0.3 is 5.73 Å². The molecule has 0 unspecified atom stereocenters. The number of rotatable bonds is 3. The number of nitrogens with two attached hydrogens (primary N) is 1. The quantitative estimate of drug-likeness (QED) is 0.444. The van der Waals surface area contributed by atoms with Gasteiger partial charge in [-0.3, -0.25) is 0 Å². The predicted octanol–water partition coefficient (Wildman–Crippen LogP) is 4.46. The van der Waals surface area contributed by atoms with Crippen molar-refractivity contribution in [2.24, 2.45) is 10.7 Å². The number of hydrogen-bond donors (Lipinski definition) is 1. The Labute approximate surface area is 141 Å². The van der Waals surface area contributed by atoms with Crippen LogP contribution in [0.5, 0.6) is 0 Å². The second kappa shape index (κ2) is 5.91. The van der Waals surface area contributed by atoms with Crippen LogP contribution in [-0.4, -0.2) is 15.8 Å². The smallest absolute Gasteiger partial charge is 0.211 e. The van der Waals surface area contributed by atoms with Crippen molar-refractivity contribution in [1.29, 1.82) is 0 Å². The summed E-state index contributed by atoms with van der Waals surface area (Å²) in [6.07, 6.45) is 0. The highest BCUT2D eigenvalue weighted by atomic mass is 32.1. The van der Waals surface area contributed by atoms with Crippen LogP contribution in [0.3, 0.4) is 0 Å². The van der Waals surface area contributed by atoms with E-state index < -0.39 is 0 Å². The highest BCUT2D eigenvalue weighted by molar-refractivity contribution is 7.20. The van der Waals surface area contributed by atoms with Gasteiger partial charge in [-0.2, -0.15) is 4.99 Å². The third kappa shape index (κ3) is 2.86. The van der Waals surface area contributed by atoms with Gasteiger partial charge >= 0.3 is 0 Å². The van der Waals surface area contributed by atoms with Crippen molar-refractivity contribution in [2.45, 2.75) is 0 Å². The fourth-order valence-corrected chi connectivity index (χ4v) is 3.77. The first-order valence-electron chi connectivity index (χ1n) is 7.01. The zero-order chi connectivity index (χ0) is 15.6. The van der Waals surface area contributed by atoms with Crippen molar-refractivity contribution >= 4 is 43.9 Å². The lowest BCUT2D eigenvalue weighted by Gasteiger charge is -1.94. The summed E-state index contributed by atoms with van der Waals surface area (Å²) in [5, 5.41) is 3.35. The number of fused-ring (bicyclic) bond motifs is 1. The monoisotopic (exact) mass is 336 g/mol. The maximum atomic E-state index is 6.10. The van der Waals surface area contributed by atoms with Gasteiger partial charge in [0.2, 0.25) is 5.13 Å². The molecule has 112 valence electrons. The molecule has 4 aromatic rings. The zero-order valence-corrected chi connectivity index (χ0v) is 13.6. The molecule has 0 aliphatic heterocycles. The fourth-order valence-electron chi connectivity index (χ4n) is 2.19. The Bertz CT molecular complexity index is 953. The Morgan fingerprint density at radius 2 is 1.74 bits per heavy atom. The number of para-hydroxylation sites is 1. The van der Waals surface area contributed by atoms with Gasteiger partial charge in [0, 0.05) is 10.9 Å². The van der Waals surface area contributed by atoms with E-state index in [0.717, 1.165) is 26.5 Å². The first-order chi connectivity index (χ1) is 11.3. The Kier molecular flexibility index (Phi) is 3.61. The second-order valence-corrected chi connectivity index (χ2v) is 6.73. The number of amidine groups is 1. The summed E-state index contributed by atoms with van der Waals surface area (Å²) in [6.45, 7) is 0. The Balaban J connectivity index is 1.66. The predicted molar refractivity (Wildman–Crippen MR) is 97.6 cm³/mol. The molecular weight excluding hydrogens is 324 g/mol. The maximum Gasteiger partial charge on any atom is 0.211 e. The lowest BCUT2D eigenvalue weighted by molar-refractivity contribution is 1.33. The molecule has 0 amide bonds. The van der Waals surface area contributed by atoms with Crippen molar-refractivity contribution < 1.29 is 0 Å². The molecule has 23 heavy (non-hydrogen) atoms. The molecule has 0 atom stereocenters. The van der Waals surface area contributed by atoms with Crippen molar-refractivity contribution in [2.75, 3.05) is 0 Å². The second-order valence-electron chi connectivity index (χ2n) is 4.87. The molecule has 0 radical (unpaired) electrons. The van der Waals surface area contributed by atoms with Gasteiger partial charge in [0.25, 0.3) is 0 Å². The van der Waals surface area contributed by atoms with Crippen LogP contribution >= 0.6 is 22.7 Å². The topological polar surface area (TPSA) is 64.2 Å². The molecule has 0 spiro atoms. The normalized spacial score (nSPS) is 11.9. The molecule has 0 saturated carbocycles. The zero-order valence-electron chi connectivity index (χ0n) is 12.0. The SMILES string of the molecule is N/C(=N\c1nc(-c2ccccc2)cs1)c1nc2ccccc2s1. The van der Waals surface area contributed by atoms with Crippen LogP contribution in [0.4, 0.5) is 5.13 Å². The molecule has 6 heteroatoms. The van der Waals surface area contributed by atoms with Crippen LogP contribution in [0.25, 0.3) is 21.5 Å². The van der Waals surface area contributed by atoms with E-state index in [1.54, 1.807) is 0 Å². The third-order valence-electron chi connectivity index (χ3n) is 3.29. The van der Waals surface area contributed by atoms with Gasteiger partial charge in [0.1, 0.15) is 0 Å². The third-order valence-corrected chi connectivity index (χ3v) is 5.08. The van der Waals surface area contributed by atoms with Crippen LogP contribution in [0, 0.1) is 0 Å². The Morgan fingerprint density at radius 1 is 0.957 bits per heavy atom. The standard InChI is InChI=1S/C17H12N4S2/c18-15(16-19-12-8-4-5-9-14(12)23-16)21-17-20-13(10-22-17)11-6-2-1-3-7-11/h1-10H,(H2,18,20,21). The highest BCUT2D eigenvalue weighted by Gasteiger charge is 2.09. The average molecular weight is 336 g/mol. The molecule has 4 nitrogen and oxygen atoms in total. The molecule has 2 N–H and O–H groups in total. The minimum Gasteiger partial charge on any atom is -0.381 e. The van der Waals surface area contributed by atoms with Gasteiger partial charge in [-0.1, -0.05) is 42.5 Å². The minimum atomic E-state index is 0.403. The molecule has 0 bridgehead atoms. The summed E-state index contributed by atoms with van der Waals surface area (Å²) in [5.74, 6) is 0.403. The number of thiazole rings is 2. The molecular formula is C17H12N4S2. The fraction of sp³-hybridized carbons (Fsp3) is 0. The minimum absolute atomic E-state index is 0.403. The largest absolute Gasteiger partial charge is 0.381 e. The summed E-state index contributed by atoms with van der Waals surface area (Å²) in [5.41, 5.74) is 9.02. The van der Waals surface area contributed by atoms with Gasteiger partial charge in [-0.25, -0.2) is 9.97 Å². The number of nitrogens with zero attached hydrogens (tertiary/aromatic N) is 3. The van der Waals surface area contributed by atoms with Gasteiger partial charge in [0.05, 0.1) is 15.9 Å². The highest BCUT2D eigenvalue weighted by Crippen LogP contribution is 2.27. The van der Waals surface area contributed by atoms with Crippen molar-refractivity contribution in [3.05, 3.63) is 65.0 Å². The molecule has 2 heterocycles. The van der Waals surface area contributed by atoms with E-state index in [2.05, 4.69) is 15.0 Å². The van der Waals surface area contributed by atoms with E-state index in [1.807, 2.05) is 60.0 Å². The lowest BCUT2D eigenvalue weighted by atomic mass is 10.2. The van der Waals surface area contributed by atoms with E-state index in [9.17, 15) is 0 Å². The molecule has 2 aromatic heterocycles. The van der Waals surface area contributed by atoms with Crippen molar-refractivity contribution in [3.63, 3.8) is 0 Å². The lowest BCUT2D eigenvalue weighted by Crippen LogP contribution is -2.12. The summed E-state index contributed by atoms with van der Waals surface area (Å²) >= 11 is 3.01. The molecule has 0 aliphatic carbocycles. The first kappa shape index (κ1) is 14.0. The summed E-state index contributed by atoms with van der Waals surface area (Å²) in [4.78, 5) is 13.5. The van der Waals surface area contributed by atoms with Crippen LogP contribution in [-0.2, 0) is 0 Å². The number of hydrogen-bond acceptors (Lipinski definition) is 5. The van der Waals surface area contributed by atoms with Crippen LogP contribution in [0.1, 0.15) is 5.01 Å². The van der Waals surface area contributed by atoms with Crippen molar-refractivity contribution in [3.8, 4) is 11.3 Å². The van der Waals surface area contributed by atoms with E-state index in [-0.39, 0.29) is 0 Å². The van der Waals surface area contributed by atoms with E-state index in [0.29, 0.717) is 11.0 Å². The number of aliphatic imine (C=N–C) groups is 1. The van der Waals surface area contributed by atoms with Crippen LogP contribution < -0.4 is 5.73 Å². The molecule has 4 rings (SSSR count). The number of aromatic nitrogens is 2. The summed E-state index contributed by atoms with van der Waals surface area (Å²) in [7, 11) is 0. The van der Waals surface area contributed by atoms with Gasteiger partial charge in [-0.15, -0.1) is 22.7 Å². The van der Waals surface area contributed by atoms with E-state index in [1.165, 1.54) is 22.7 Å². The van der Waals surface area contributed by atoms with Crippen LogP contribution in [0.15, 0.2) is 65.0 Å². The Hall–Kier alpha value is -2.57. The number of benzene rings is 2. The summed E-state index contributed by atoms with van der Waals surface area (Å²) in [6, 6.07) is 18.0. The average Bonchev–Trinajstić information content (AvgIpc) is 3.22.